The lowest BCUT2D eigenvalue weighted by atomic mass is 10.1. The van der Waals surface area contributed by atoms with Crippen LogP contribution < -0.4 is 0 Å². The van der Waals surface area contributed by atoms with Gasteiger partial charge in [0.05, 0.1) is 11.0 Å². The SMILES string of the molecule is C=CCn1c(CC(C)C)nc2ccccc21. The van der Waals surface area contributed by atoms with E-state index in [1.54, 1.807) is 0 Å². The summed E-state index contributed by atoms with van der Waals surface area (Å²) in [6.45, 7) is 9.09. The van der Waals surface area contributed by atoms with Crippen LogP contribution in [0.1, 0.15) is 19.7 Å². The molecule has 2 rings (SSSR count). The minimum Gasteiger partial charge on any atom is -0.324 e. The first-order valence-electron chi connectivity index (χ1n) is 5.77. The van der Waals surface area contributed by atoms with E-state index in [1.165, 1.54) is 5.52 Å². The van der Waals surface area contributed by atoms with Crippen molar-refractivity contribution < 1.29 is 0 Å². The number of allylic oxidation sites excluding steroid dienone is 1. The molecule has 0 aliphatic carbocycles. The van der Waals surface area contributed by atoms with Gasteiger partial charge < -0.3 is 4.57 Å². The Morgan fingerprint density at radius 3 is 2.81 bits per heavy atom. The normalized spacial score (nSPS) is 11.2. The maximum Gasteiger partial charge on any atom is 0.110 e. The van der Waals surface area contributed by atoms with Crippen LogP contribution in [0.3, 0.4) is 0 Å². The highest BCUT2D eigenvalue weighted by atomic mass is 15.1. The van der Waals surface area contributed by atoms with E-state index >= 15 is 0 Å². The molecule has 0 N–H and O–H groups in total. The Balaban J connectivity index is 2.53. The van der Waals surface area contributed by atoms with Gasteiger partial charge in [-0.3, -0.25) is 0 Å². The van der Waals surface area contributed by atoms with Gasteiger partial charge >= 0.3 is 0 Å². The van der Waals surface area contributed by atoms with Gasteiger partial charge in [-0.2, -0.15) is 0 Å². The Bertz CT molecular complexity index is 494. The van der Waals surface area contributed by atoms with Gasteiger partial charge in [0, 0.05) is 13.0 Å². The highest BCUT2D eigenvalue weighted by molar-refractivity contribution is 5.75. The zero-order chi connectivity index (χ0) is 11.5. The predicted octanol–water partition coefficient (Wildman–Crippen LogP) is 3.42. The summed E-state index contributed by atoms with van der Waals surface area (Å²) in [5.41, 5.74) is 2.29. The minimum absolute atomic E-state index is 0.625. The third-order valence-electron chi connectivity index (χ3n) is 2.64. The summed E-state index contributed by atoms with van der Waals surface area (Å²) in [5.74, 6) is 1.79. The largest absolute Gasteiger partial charge is 0.324 e. The molecule has 0 fully saturated rings. The number of nitrogens with zero attached hydrogens (tertiary/aromatic N) is 2. The molecule has 0 spiro atoms. The van der Waals surface area contributed by atoms with Gasteiger partial charge in [0.25, 0.3) is 0 Å². The van der Waals surface area contributed by atoms with Crippen molar-refractivity contribution in [1.82, 2.24) is 9.55 Å². The van der Waals surface area contributed by atoms with E-state index in [0.717, 1.165) is 24.3 Å². The Morgan fingerprint density at radius 1 is 1.38 bits per heavy atom. The van der Waals surface area contributed by atoms with Crippen LogP contribution in [0.25, 0.3) is 11.0 Å². The third-order valence-corrected chi connectivity index (χ3v) is 2.64. The molecule has 2 nitrogen and oxygen atoms in total. The van der Waals surface area contributed by atoms with E-state index in [2.05, 4.69) is 48.2 Å². The summed E-state index contributed by atoms with van der Waals surface area (Å²) >= 11 is 0. The standard InChI is InChI=1S/C14H18N2/c1-4-9-16-13-8-6-5-7-12(13)15-14(16)10-11(2)3/h4-8,11H,1,9-10H2,2-3H3. The number of rotatable bonds is 4. The van der Waals surface area contributed by atoms with Crippen molar-refractivity contribution in [1.29, 1.82) is 0 Å². The predicted molar refractivity (Wildman–Crippen MR) is 68.5 cm³/mol. The lowest BCUT2D eigenvalue weighted by Crippen LogP contribution is -2.05. The summed E-state index contributed by atoms with van der Waals surface area (Å²) < 4.78 is 2.25. The van der Waals surface area contributed by atoms with E-state index < -0.39 is 0 Å². The van der Waals surface area contributed by atoms with Gasteiger partial charge in [-0.25, -0.2) is 4.98 Å². The zero-order valence-electron chi connectivity index (χ0n) is 9.98. The summed E-state index contributed by atoms with van der Waals surface area (Å²) in [7, 11) is 0. The Kier molecular flexibility index (Phi) is 3.09. The second-order valence-electron chi connectivity index (χ2n) is 4.51. The van der Waals surface area contributed by atoms with Crippen LogP contribution in [0.15, 0.2) is 36.9 Å². The summed E-state index contributed by atoms with van der Waals surface area (Å²) in [6.07, 6.45) is 2.94. The van der Waals surface area contributed by atoms with Crippen LogP contribution in [-0.2, 0) is 13.0 Å². The van der Waals surface area contributed by atoms with Crippen LogP contribution in [0.2, 0.25) is 0 Å². The number of imidazole rings is 1. The molecule has 84 valence electrons. The van der Waals surface area contributed by atoms with Gasteiger partial charge in [0.1, 0.15) is 5.82 Å². The highest BCUT2D eigenvalue weighted by Crippen LogP contribution is 2.18. The highest BCUT2D eigenvalue weighted by Gasteiger charge is 2.10. The molecule has 0 saturated heterocycles. The van der Waals surface area contributed by atoms with Crippen LogP contribution in [-0.4, -0.2) is 9.55 Å². The molecular weight excluding hydrogens is 196 g/mol. The molecule has 0 radical (unpaired) electrons. The maximum atomic E-state index is 4.69. The number of aromatic nitrogens is 2. The van der Waals surface area contributed by atoms with Crippen LogP contribution in [0.4, 0.5) is 0 Å². The average Bonchev–Trinajstić information content (AvgIpc) is 2.57. The molecule has 0 unspecified atom stereocenters. The van der Waals surface area contributed by atoms with Gasteiger partial charge in [-0.1, -0.05) is 32.1 Å². The minimum atomic E-state index is 0.625. The molecule has 2 heteroatoms. The second kappa shape index (κ2) is 4.52. The lowest BCUT2D eigenvalue weighted by molar-refractivity contribution is 0.597. The van der Waals surface area contributed by atoms with Crippen molar-refractivity contribution in [2.75, 3.05) is 0 Å². The van der Waals surface area contributed by atoms with Crippen molar-refractivity contribution in [3.05, 3.63) is 42.7 Å². The molecule has 1 heterocycles. The smallest absolute Gasteiger partial charge is 0.110 e. The average molecular weight is 214 g/mol. The molecule has 0 bridgehead atoms. The monoisotopic (exact) mass is 214 g/mol. The van der Waals surface area contributed by atoms with E-state index in [-0.39, 0.29) is 0 Å². The van der Waals surface area contributed by atoms with Crippen LogP contribution >= 0.6 is 0 Å². The molecule has 16 heavy (non-hydrogen) atoms. The zero-order valence-corrected chi connectivity index (χ0v) is 9.98. The fourth-order valence-electron chi connectivity index (χ4n) is 1.98. The number of hydrogen-bond acceptors (Lipinski definition) is 1. The topological polar surface area (TPSA) is 17.8 Å². The molecule has 0 saturated carbocycles. The Morgan fingerprint density at radius 2 is 2.12 bits per heavy atom. The summed E-state index contributed by atoms with van der Waals surface area (Å²) in [5, 5.41) is 0. The van der Waals surface area contributed by atoms with Crippen molar-refractivity contribution in [3.63, 3.8) is 0 Å². The fourth-order valence-corrected chi connectivity index (χ4v) is 1.98. The van der Waals surface area contributed by atoms with Crippen LogP contribution in [0, 0.1) is 5.92 Å². The van der Waals surface area contributed by atoms with E-state index in [9.17, 15) is 0 Å². The first-order valence-corrected chi connectivity index (χ1v) is 5.77. The molecule has 1 aromatic carbocycles. The number of fused-ring (bicyclic) bond motifs is 1. The molecule has 2 aromatic rings. The van der Waals surface area contributed by atoms with Crippen molar-refractivity contribution in [2.24, 2.45) is 5.92 Å². The van der Waals surface area contributed by atoms with Gasteiger partial charge in [-0.05, 0) is 18.1 Å². The van der Waals surface area contributed by atoms with Crippen molar-refractivity contribution in [2.45, 2.75) is 26.8 Å². The van der Waals surface area contributed by atoms with Crippen LogP contribution in [0.5, 0.6) is 0 Å². The number of hydrogen-bond donors (Lipinski definition) is 0. The number of benzene rings is 1. The summed E-state index contributed by atoms with van der Waals surface area (Å²) in [4.78, 5) is 4.69. The molecule has 0 atom stereocenters. The Labute approximate surface area is 96.6 Å². The lowest BCUT2D eigenvalue weighted by Gasteiger charge is -2.07. The van der Waals surface area contributed by atoms with E-state index in [0.29, 0.717) is 5.92 Å². The third kappa shape index (κ3) is 2.01. The maximum absolute atomic E-state index is 4.69. The quantitative estimate of drug-likeness (QED) is 0.713. The van der Waals surface area contributed by atoms with Gasteiger partial charge in [0.2, 0.25) is 0 Å². The van der Waals surface area contributed by atoms with Crippen molar-refractivity contribution >= 4 is 11.0 Å². The molecule has 0 aliphatic rings. The summed E-state index contributed by atoms with van der Waals surface area (Å²) in [6, 6.07) is 8.28. The molecule has 0 amide bonds. The Hall–Kier alpha value is -1.57. The molecular formula is C14H18N2. The molecule has 1 aromatic heterocycles. The van der Waals surface area contributed by atoms with Crippen molar-refractivity contribution in [3.8, 4) is 0 Å². The first kappa shape index (κ1) is 10.9. The van der Waals surface area contributed by atoms with Gasteiger partial charge in [0.15, 0.2) is 0 Å². The fraction of sp³-hybridized carbons (Fsp3) is 0.357. The second-order valence-corrected chi connectivity index (χ2v) is 4.51. The van der Waals surface area contributed by atoms with E-state index in [4.69, 9.17) is 0 Å². The first-order chi connectivity index (χ1) is 7.72. The van der Waals surface area contributed by atoms with E-state index in [1.807, 2.05) is 12.1 Å². The van der Waals surface area contributed by atoms with Gasteiger partial charge in [-0.15, -0.1) is 6.58 Å². The number of para-hydroxylation sites is 2. The molecule has 0 aliphatic heterocycles.